The second kappa shape index (κ2) is 7.84. The third-order valence-electron chi connectivity index (χ3n) is 4.82. The van der Waals surface area contributed by atoms with E-state index >= 15 is 0 Å². The van der Waals surface area contributed by atoms with Crippen LogP contribution in [0.5, 0.6) is 0 Å². The van der Waals surface area contributed by atoms with Gasteiger partial charge in [0.2, 0.25) is 0 Å². The van der Waals surface area contributed by atoms with Gasteiger partial charge < -0.3 is 20.7 Å². The second-order valence-corrected chi connectivity index (χ2v) is 6.23. The molecule has 5 nitrogen and oxygen atoms in total. The van der Waals surface area contributed by atoms with Crippen molar-refractivity contribution >= 4 is 6.03 Å². The normalized spacial score (nSPS) is 26.4. The summed E-state index contributed by atoms with van der Waals surface area (Å²) in [5.41, 5.74) is 5.54. The summed E-state index contributed by atoms with van der Waals surface area (Å²) < 4.78 is 5.60. The predicted octanol–water partition coefficient (Wildman–Crippen LogP) is 1.57. The van der Waals surface area contributed by atoms with E-state index < -0.39 is 0 Å². The summed E-state index contributed by atoms with van der Waals surface area (Å²) in [6.07, 6.45) is 7.95. The van der Waals surface area contributed by atoms with Crippen LogP contribution in [0.2, 0.25) is 0 Å². The van der Waals surface area contributed by atoms with Crippen molar-refractivity contribution in [3.63, 3.8) is 0 Å². The molecule has 1 saturated carbocycles. The van der Waals surface area contributed by atoms with Crippen molar-refractivity contribution in [1.29, 1.82) is 0 Å². The number of rotatable bonds is 5. The Morgan fingerprint density at radius 2 is 2.15 bits per heavy atom. The average Bonchev–Trinajstić information content (AvgIpc) is 2.48. The molecule has 2 atom stereocenters. The van der Waals surface area contributed by atoms with Crippen LogP contribution in [-0.4, -0.2) is 50.3 Å². The van der Waals surface area contributed by atoms with Gasteiger partial charge >= 0.3 is 6.03 Å². The van der Waals surface area contributed by atoms with Gasteiger partial charge in [-0.25, -0.2) is 4.79 Å². The highest BCUT2D eigenvalue weighted by molar-refractivity contribution is 5.72. The summed E-state index contributed by atoms with van der Waals surface area (Å²) >= 11 is 0. The minimum atomic E-state index is -0.303. The maximum absolute atomic E-state index is 11.6. The molecule has 0 aromatic carbocycles. The maximum Gasteiger partial charge on any atom is 0.315 e. The third kappa shape index (κ3) is 4.09. The molecule has 1 saturated heterocycles. The van der Waals surface area contributed by atoms with Crippen LogP contribution in [-0.2, 0) is 4.74 Å². The van der Waals surface area contributed by atoms with E-state index in [0.717, 1.165) is 12.5 Å². The molecule has 1 heterocycles. The van der Waals surface area contributed by atoms with E-state index in [1.165, 1.54) is 38.5 Å². The smallest absolute Gasteiger partial charge is 0.315 e. The lowest BCUT2D eigenvalue weighted by Gasteiger charge is -2.40. The fourth-order valence-corrected chi connectivity index (χ4v) is 3.78. The van der Waals surface area contributed by atoms with E-state index in [9.17, 15) is 4.79 Å². The molecule has 2 rings (SSSR count). The van der Waals surface area contributed by atoms with Crippen molar-refractivity contribution in [3.8, 4) is 0 Å². The summed E-state index contributed by atoms with van der Waals surface area (Å²) in [7, 11) is 1.98. The number of morpholine rings is 1. The Hall–Kier alpha value is -0.810. The van der Waals surface area contributed by atoms with Gasteiger partial charge in [0.05, 0.1) is 19.3 Å². The topological polar surface area (TPSA) is 67.6 Å². The molecule has 1 aliphatic heterocycles. The van der Waals surface area contributed by atoms with E-state index in [1.807, 2.05) is 11.9 Å². The van der Waals surface area contributed by atoms with Gasteiger partial charge in [0.15, 0.2) is 0 Å². The van der Waals surface area contributed by atoms with Crippen molar-refractivity contribution in [1.82, 2.24) is 10.2 Å². The fraction of sp³-hybridized carbons (Fsp3) is 0.933. The van der Waals surface area contributed by atoms with Crippen molar-refractivity contribution in [2.24, 2.45) is 17.6 Å². The second-order valence-electron chi connectivity index (χ2n) is 6.23. The fourth-order valence-electron chi connectivity index (χ4n) is 3.78. The molecular formula is C15H29N3O2. The number of carbonyl (C=O) groups excluding carboxylic acids is 1. The van der Waals surface area contributed by atoms with Crippen LogP contribution in [0.15, 0.2) is 0 Å². The van der Waals surface area contributed by atoms with E-state index in [0.29, 0.717) is 25.7 Å². The number of urea groups is 1. The number of nitrogens with two attached hydrogens (primary N) is 1. The highest BCUT2D eigenvalue weighted by Crippen LogP contribution is 2.31. The minimum Gasteiger partial charge on any atom is -0.377 e. The molecule has 2 unspecified atom stereocenters. The Balaban J connectivity index is 1.99. The number of amides is 2. The molecule has 5 heteroatoms. The molecule has 0 bridgehead atoms. The van der Waals surface area contributed by atoms with Crippen molar-refractivity contribution in [2.45, 2.75) is 44.6 Å². The number of hydrogen-bond acceptors (Lipinski definition) is 3. The molecule has 0 spiro atoms. The van der Waals surface area contributed by atoms with Crippen LogP contribution in [0, 0.1) is 11.8 Å². The lowest BCUT2D eigenvalue weighted by Crippen LogP contribution is -2.55. The Kier molecular flexibility index (Phi) is 6.10. The van der Waals surface area contributed by atoms with Crippen LogP contribution in [0.1, 0.15) is 38.5 Å². The molecule has 0 aromatic rings. The quantitative estimate of drug-likeness (QED) is 0.805. The number of carbonyl (C=O) groups is 1. The molecular weight excluding hydrogens is 254 g/mol. The van der Waals surface area contributed by atoms with Crippen molar-refractivity contribution in [3.05, 3.63) is 0 Å². The molecule has 116 valence electrons. The first-order valence-electron chi connectivity index (χ1n) is 8.00. The molecule has 2 aliphatic rings. The monoisotopic (exact) mass is 283 g/mol. The van der Waals surface area contributed by atoms with Crippen LogP contribution >= 0.6 is 0 Å². The van der Waals surface area contributed by atoms with E-state index in [4.69, 9.17) is 10.5 Å². The molecule has 20 heavy (non-hydrogen) atoms. The van der Waals surface area contributed by atoms with Gasteiger partial charge in [-0.1, -0.05) is 32.1 Å². The van der Waals surface area contributed by atoms with Gasteiger partial charge in [-0.05, 0) is 31.8 Å². The predicted molar refractivity (Wildman–Crippen MR) is 79.5 cm³/mol. The SMILES string of the molecule is CNCC(CC1CCCCC1)C1COCCN1C(N)=O. The van der Waals surface area contributed by atoms with Gasteiger partial charge in [0.25, 0.3) is 0 Å². The van der Waals surface area contributed by atoms with Crippen LogP contribution < -0.4 is 11.1 Å². The minimum absolute atomic E-state index is 0.135. The Labute approximate surface area is 122 Å². The van der Waals surface area contributed by atoms with Gasteiger partial charge in [0, 0.05) is 6.54 Å². The van der Waals surface area contributed by atoms with Crippen molar-refractivity contribution < 1.29 is 9.53 Å². The van der Waals surface area contributed by atoms with E-state index in [2.05, 4.69) is 5.32 Å². The van der Waals surface area contributed by atoms with Gasteiger partial charge in [-0.3, -0.25) is 0 Å². The summed E-state index contributed by atoms with van der Waals surface area (Å²) in [5, 5.41) is 3.28. The zero-order valence-electron chi connectivity index (χ0n) is 12.6. The average molecular weight is 283 g/mol. The summed E-state index contributed by atoms with van der Waals surface area (Å²) in [5.74, 6) is 1.25. The first-order valence-corrected chi connectivity index (χ1v) is 8.00. The van der Waals surface area contributed by atoms with E-state index in [-0.39, 0.29) is 12.1 Å². The van der Waals surface area contributed by atoms with Gasteiger partial charge in [-0.2, -0.15) is 0 Å². The number of nitrogens with one attached hydrogen (secondary N) is 1. The molecule has 0 aromatic heterocycles. The van der Waals surface area contributed by atoms with Crippen LogP contribution in [0.4, 0.5) is 4.79 Å². The lowest BCUT2D eigenvalue weighted by molar-refractivity contribution is -0.0122. The zero-order chi connectivity index (χ0) is 14.4. The third-order valence-corrected chi connectivity index (χ3v) is 4.82. The number of ether oxygens (including phenoxy) is 1. The molecule has 3 N–H and O–H groups in total. The van der Waals surface area contributed by atoms with Gasteiger partial charge in [0.1, 0.15) is 0 Å². The molecule has 2 fully saturated rings. The van der Waals surface area contributed by atoms with Gasteiger partial charge in [-0.15, -0.1) is 0 Å². The highest BCUT2D eigenvalue weighted by atomic mass is 16.5. The largest absolute Gasteiger partial charge is 0.377 e. The highest BCUT2D eigenvalue weighted by Gasteiger charge is 2.33. The van der Waals surface area contributed by atoms with Crippen molar-refractivity contribution in [2.75, 3.05) is 33.4 Å². The van der Waals surface area contributed by atoms with Crippen LogP contribution in [0.25, 0.3) is 0 Å². The first kappa shape index (κ1) is 15.6. The maximum atomic E-state index is 11.6. The summed E-state index contributed by atoms with van der Waals surface area (Å²) in [4.78, 5) is 13.5. The number of primary amides is 1. The Bertz CT molecular complexity index is 305. The Morgan fingerprint density at radius 3 is 2.80 bits per heavy atom. The molecule has 1 aliphatic carbocycles. The number of hydrogen-bond donors (Lipinski definition) is 2. The Morgan fingerprint density at radius 1 is 1.40 bits per heavy atom. The molecule has 2 amide bonds. The first-order chi connectivity index (χ1) is 9.72. The summed E-state index contributed by atoms with van der Waals surface area (Å²) in [6.45, 7) is 2.79. The standard InChI is InChI=1S/C15H29N3O2/c1-17-10-13(9-12-5-3-2-4-6-12)14-11-20-8-7-18(14)15(16)19/h12-14,17H,2-11H2,1H3,(H2,16,19). The molecule has 0 radical (unpaired) electrons. The summed E-state index contributed by atoms with van der Waals surface area (Å²) in [6, 6.07) is -0.168. The number of nitrogens with zero attached hydrogens (tertiary/aromatic N) is 1. The van der Waals surface area contributed by atoms with E-state index in [1.54, 1.807) is 0 Å². The zero-order valence-corrected chi connectivity index (χ0v) is 12.6. The van der Waals surface area contributed by atoms with Crippen LogP contribution in [0.3, 0.4) is 0 Å². The lowest BCUT2D eigenvalue weighted by atomic mass is 9.80.